The molecule has 4 saturated carbocycles. The molecule has 2 aromatic rings. The number of carbonyl (C=O) groups is 1. The van der Waals surface area contributed by atoms with Crippen LogP contribution in [-0.2, 0) is 0 Å². The zero-order valence-electron chi connectivity index (χ0n) is 28.6. The third kappa shape index (κ3) is 6.66. The molecule has 9 atom stereocenters. The first-order chi connectivity index (χ1) is 21.6. The van der Waals surface area contributed by atoms with E-state index in [0.717, 1.165) is 59.2 Å². The van der Waals surface area contributed by atoms with Crippen molar-refractivity contribution in [3.05, 3.63) is 65.7 Å². The molecule has 0 spiro atoms. The molecular weight excluding hydrogens is 552 g/mol. The molecule has 0 heterocycles. The summed E-state index contributed by atoms with van der Waals surface area (Å²) in [5, 5.41) is 9.46. The Morgan fingerprint density at radius 3 is 2.31 bits per heavy atom. The Morgan fingerprint density at radius 1 is 0.867 bits per heavy atom. The third-order valence-electron chi connectivity index (χ3n) is 13.6. The Balaban J connectivity index is 1.04. The lowest BCUT2D eigenvalue weighted by Crippen LogP contribution is -2.54. The lowest BCUT2D eigenvalue weighted by Gasteiger charge is -2.61. The number of ketones is 1. The van der Waals surface area contributed by atoms with Gasteiger partial charge in [0.05, 0.1) is 6.10 Å². The normalized spacial score (nSPS) is 35.1. The Hall–Kier alpha value is -2.55. The van der Waals surface area contributed by atoms with E-state index in [-0.39, 0.29) is 17.6 Å². The van der Waals surface area contributed by atoms with Gasteiger partial charge in [-0.25, -0.2) is 0 Å². The van der Waals surface area contributed by atoms with Crippen molar-refractivity contribution in [2.24, 2.45) is 52.3 Å². The molecule has 4 aliphatic carbocycles. The topological polar surface area (TPSA) is 46.5 Å². The fourth-order valence-corrected chi connectivity index (χ4v) is 11.1. The van der Waals surface area contributed by atoms with Crippen LogP contribution in [0.5, 0.6) is 11.5 Å². The molecule has 4 aliphatic rings. The minimum atomic E-state index is -0.0300. The van der Waals surface area contributed by atoms with Crippen LogP contribution in [-0.4, -0.2) is 17.0 Å². The number of aromatic hydroxyl groups is 1. The number of fused-ring (bicyclic) bond motifs is 5. The van der Waals surface area contributed by atoms with Gasteiger partial charge in [-0.1, -0.05) is 72.1 Å². The van der Waals surface area contributed by atoms with E-state index in [1.807, 2.05) is 24.3 Å². The Labute approximate surface area is 273 Å². The van der Waals surface area contributed by atoms with Crippen LogP contribution in [0.15, 0.2) is 54.6 Å². The third-order valence-corrected chi connectivity index (χ3v) is 13.6. The van der Waals surface area contributed by atoms with E-state index < -0.39 is 0 Å². The molecule has 0 aromatic heterocycles. The van der Waals surface area contributed by atoms with E-state index in [9.17, 15) is 9.90 Å². The molecule has 0 radical (unpaired) electrons. The molecular formula is C42H58O3. The molecule has 6 rings (SSSR count). The molecule has 2 aromatic carbocycles. The van der Waals surface area contributed by atoms with Crippen LogP contribution in [0.1, 0.15) is 128 Å². The van der Waals surface area contributed by atoms with E-state index in [0.29, 0.717) is 16.4 Å². The Morgan fingerprint density at radius 2 is 1.58 bits per heavy atom. The van der Waals surface area contributed by atoms with Crippen molar-refractivity contribution in [3.63, 3.8) is 0 Å². The summed E-state index contributed by atoms with van der Waals surface area (Å²) in [6.07, 6.45) is 20.1. The number of benzene rings is 2. The number of phenolic OH excluding ortho intramolecular Hbond substituents is 1. The zero-order valence-corrected chi connectivity index (χ0v) is 28.6. The molecule has 0 aliphatic heterocycles. The van der Waals surface area contributed by atoms with E-state index in [1.54, 1.807) is 36.4 Å². The van der Waals surface area contributed by atoms with Gasteiger partial charge in [0.2, 0.25) is 0 Å². The van der Waals surface area contributed by atoms with Gasteiger partial charge in [0.15, 0.2) is 5.78 Å². The average Bonchev–Trinajstić information content (AvgIpc) is 3.38. The number of carbonyl (C=O) groups excluding carboxylic acids is 1. The number of hydrogen-bond donors (Lipinski definition) is 1. The highest BCUT2D eigenvalue weighted by Crippen LogP contribution is 2.68. The van der Waals surface area contributed by atoms with E-state index >= 15 is 0 Å². The largest absolute Gasteiger partial charge is 0.508 e. The minimum Gasteiger partial charge on any atom is -0.508 e. The maximum Gasteiger partial charge on any atom is 0.185 e. The molecule has 1 N–H and O–H groups in total. The zero-order chi connectivity index (χ0) is 31.8. The highest BCUT2D eigenvalue weighted by Gasteiger charge is 2.60. The van der Waals surface area contributed by atoms with Gasteiger partial charge in [-0.3, -0.25) is 4.79 Å². The van der Waals surface area contributed by atoms with Crippen LogP contribution in [0.25, 0.3) is 6.08 Å². The van der Waals surface area contributed by atoms with Crippen LogP contribution in [0.3, 0.4) is 0 Å². The lowest BCUT2D eigenvalue weighted by molar-refractivity contribution is -0.126. The number of allylic oxidation sites excluding steroid dienone is 1. The van der Waals surface area contributed by atoms with Crippen molar-refractivity contribution in [3.8, 4) is 11.5 Å². The summed E-state index contributed by atoms with van der Waals surface area (Å²) in [7, 11) is 0. The average molecular weight is 611 g/mol. The van der Waals surface area contributed by atoms with Crippen LogP contribution >= 0.6 is 0 Å². The Kier molecular flexibility index (Phi) is 9.56. The van der Waals surface area contributed by atoms with Crippen molar-refractivity contribution in [1.82, 2.24) is 0 Å². The Bertz CT molecular complexity index is 1320. The van der Waals surface area contributed by atoms with Crippen LogP contribution in [0.4, 0.5) is 0 Å². The standard InChI is InChI=1S/C42H58O3/c1-28(2)7-6-8-29(3)37-20-21-38-36-19-14-32-27-35(23-25-41(32,4)39(36)24-26-42(37,38)5)45-34-17-12-31(13-18-34)40(44)22-11-30-9-15-33(43)16-10-30/h9-13,15-18,22,28-29,32,35-39,43H,6-8,14,19-21,23-27H2,1-5H3/t29?,32?,35?,36?,37-,38?,39?,41+,42-/m1/s1. The van der Waals surface area contributed by atoms with Gasteiger partial charge in [-0.15, -0.1) is 0 Å². The summed E-state index contributed by atoms with van der Waals surface area (Å²) in [6, 6.07) is 14.5. The van der Waals surface area contributed by atoms with Crippen molar-refractivity contribution in [2.45, 2.75) is 118 Å². The smallest absolute Gasteiger partial charge is 0.185 e. The molecule has 45 heavy (non-hydrogen) atoms. The van der Waals surface area contributed by atoms with Gasteiger partial charge in [-0.05, 0) is 158 Å². The predicted molar refractivity (Wildman–Crippen MR) is 185 cm³/mol. The van der Waals surface area contributed by atoms with Crippen LogP contribution in [0.2, 0.25) is 0 Å². The molecule has 3 heteroatoms. The predicted octanol–water partition coefficient (Wildman–Crippen LogP) is 11.2. The maximum absolute atomic E-state index is 12.7. The molecule has 244 valence electrons. The highest BCUT2D eigenvalue weighted by atomic mass is 16.5. The minimum absolute atomic E-state index is 0.0300. The second-order valence-electron chi connectivity index (χ2n) is 16.5. The molecule has 0 bridgehead atoms. The van der Waals surface area contributed by atoms with Crippen molar-refractivity contribution in [1.29, 1.82) is 0 Å². The molecule has 3 nitrogen and oxygen atoms in total. The summed E-state index contributed by atoms with van der Waals surface area (Å²) < 4.78 is 6.58. The SMILES string of the molecule is CC(C)CCCC(C)[C@H]1CCC2C3CCC4CC(Oc5ccc(C(=O)C=Cc6ccc(O)cc6)cc5)CC[C@]4(C)C3CC[C@@]21C. The monoisotopic (exact) mass is 610 g/mol. The molecule has 0 amide bonds. The maximum atomic E-state index is 12.7. The van der Waals surface area contributed by atoms with Crippen LogP contribution < -0.4 is 4.74 Å². The fourth-order valence-electron chi connectivity index (χ4n) is 11.1. The summed E-state index contributed by atoms with van der Waals surface area (Å²) in [5.74, 6) is 7.25. The first-order valence-electron chi connectivity index (χ1n) is 18.3. The van der Waals surface area contributed by atoms with E-state index in [4.69, 9.17) is 4.74 Å². The van der Waals surface area contributed by atoms with Crippen molar-refractivity contribution < 1.29 is 14.6 Å². The van der Waals surface area contributed by atoms with Crippen molar-refractivity contribution >= 4 is 11.9 Å². The lowest BCUT2D eigenvalue weighted by atomic mass is 9.44. The number of ether oxygens (including phenoxy) is 1. The number of rotatable bonds is 10. The van der Waals surface area contributed by atoms with Crippen molar-refractivity contribution in [2.75, 3.05) is 0 Å². The first-order valence-corrected chi connectivity index (χ1v) is 18.3. The summed E-state index contributed by atoms with van der Waals surface area (Å²) in [6.45, 7) is 12.7. The van der Waals surface area contributed by atoms with Gasteiger partial charge in [-0.2, -0.15) is 0 Å². The second kappa shape index (κ2) is 13.3. The second-order valence-corrected chi connectivity index (χ2v) is 16.5. The number of phenols is 1. The first kappa shape index (κ1) is 32.4. The molecule has 0 saturated heterocycles. The quantitative estimate of drug-likeness (QED) is 0.215. The summed E-state index contributed by atoms with van der Waals surface area (Å²) in [4.78, 5) is 12.7. The van der Waals surface area contributed by atoms with Gasteiger partial charge in [0.1, 0.15) is 11.5 Å². The van der Waals surface area contributed by atoms with Crippen LogP contribution in [0, 0.1) is 52.3 Å². The molecule has 4 fully saturated rings. The van der Waals surface area contributed by atoms with E-state index in [2.05, 4.69) is 34.6 Å². The summed E-state index contributed by atoms with van der Waals surface area (Å²) >= 11 is 0. The van der Waals surface area contributed by atoms with Gasteiger partial charge < -0.3 is 9.84 Å². The van der Waals surface area contributed by atoms with Gasteiger partial charge in [0.25, 0.3) is 0 Å². The van der Waals surface area contributed by atoms with Gasteiger partial charge >= 0.3 is 0 Å². The highest BCUT2D eigenvalue weighted by molar-refractivity contribution is 6.06. The summed E-state index contributed by atoms with van der Waals surface area (Å²) in [5.41, 5.74) is 2.58. The van der Waals surface area contributed by atoms with Gasteiger partial charge in [0, 0.05) is 5.56 Å². The number of hydrogen-bond acceptors (Lipinski definition) is 3. The fraction of sp³-hybridized carbons (Fsp3) is 0.643. The molecule has 6 unspecified atom stereocenters. The van der Waals surface area contributed by atoms with E-state index in [1.165, 1.54) is 70.6 Å².